The summed E-state index contributed by atoms with van der Waals surface area (Å²) in [7, 11) is 3.96. The van der Waals surface area contributed by atoms with Crippen LogP contribution in [0.25, 0.3) is 33.5 Å². The van der Waals surface area contributed by atoms with Gasteiger partial charge in [0, 0.05) is 37.3 Å². The van der Waals surface area contributed by atoms with E-state index < -0.39 is 5.82 Å². The highest BCUT2D eigenvalue weighted by Crippen LogP contribution is 2.40. The van der Waals surface area contributed by atoms with E-state index in [1.165, 1.54) is 6.07 Å². The average molecular weight is 498 g/mol. The third kappa shape index (κ3) is 3.99. The number of nitrogens with zero attached hydrogens (tertiary/aromatic N) is 5. The molecule has 37 heavy (non-hydrogen) atoms. The molecule has 0 amide bonds. The van der Waals surface area contributed by atoms with Crippen molar-refractivity contribution in [2.45, 2.75) is 19.5 Å². The minimum atomic E-state index is -0.400. The van der Waals surface area contributed by atoms with Crippen molar-refractivity contribution in [3.63, 3.8) is 0 Å². The van der Waals surface area contributed by atoms with Gasteiger partial charge >= 0.3 is 0 Å². The minimum Gasteiger partial charge on any atom is -0.489 e. The first kappa shape index (κ1) is 23.4. The van der Waals surface area contributed by atoms with Crippen molar-refractivity contribution in [3.05, 3.63) is 58.9 Å². The fraction of sp³-hybridized carbons (Fsp3) is 0.321. The molecule has 1 saturated heterocycles. The number of nitriles is 1. The smallest absolute Gasteiger partial charge is 0.143 e. The van der Waals surface area contributed by atoms with Gasteiger partial charge in [0.1, 0.15) is 35.5 Å². The quantitative estimate of drug-likeness (QED) is 0.443. The Hall–Kier alpha value is -4.00. The third-order valence-corrected chi connectivity index (χ3v) is 7.28. The van der Waals surface area contributed by atoms with Gasteiger partial charge in [-0.25, -0.2) is 9.37 Å². The Labute approximate surface area is 214 Å². The number of rotatable bonds is 4. The van der Waals surface area contributed by atoms with Crippen LogP contribution in [-0.4, -0.2) is 66.5 Å². The first-order valence-corrected chi connectivity index (χ1v) is 12.4. The topological polar surface area (TPSA) is 93.1 Å². The van der Waals surface area contributed by atoms with Gasteiger partial charge in [-0.3, -0.25) is 5.10 Å². The van der Waals surface area contributed by atoms with Gasteiger partial charge in [-0.1, -0.05) is 12.1 Å². The number of H-pyrrole nitrogens is 1. The minimum absolute atomic E-state index is 0.293. The van der Waals surface area contributed by atoms with Gasteiger partial charge < -0.3 is 19.9 Å². The molecule has 1 fully saturated rings. The van der Waals surface area contributed by atoms with Crippen molar-refractivity contribution < 1.29 is 9.13 Å². The standard InChI is InChI=1S/C28H28FN7O/c1-16-8-17(13-31-2)9-21(29)25(16)26-19(12-30)10-22-28(32-26)27(34-33-22)18-4-5-23-24(11-18)37-15-20-14-35(3)6-7-36(20)23/h4-5,8-11,20,31H,6-7,13-15H2,1-3H3,(H,33,34). The van der Waals surface area contributed by atoms with Crippen molar-refractivity contribution >= 4 is 16.7 Å². The predicted molar refractivity (Wildman–Crippen MR) is 141 cm³/mol. The molecule has 2 aromatic carbocycles. The fourth-order valence-corrected chi connectivity index (χ4v) is 5.52. The molecule has 0 bridgehead atoms. The summed E-state index contributed by atoms with van der Waals surface area (Å²) in [5, 5.41) is 20.4. The van der Waals surface area contributed by atoms with Crippen LogP contribution in [0.3, 0.4) is 0 Å². The molecule has 2 aliphatic heterocycles. The molecule has 188 valence electrons. The number of aryl methyl sites for hydroxylation is 1. The Morgan fingerprint density at radius 1 is 1.22 bits per heavy atom. The molecule has 4 aromatic rings. The van der Waals surface area contributed by atoms with Crippen LogP contribution in [0.2, 0.25) is 0 Å². The second-order valence-electron chi connectivity index (χ2n) is 9.87. The summed E-state index contributed by atoms with van der Waals surface area (Å²) in [6.45, 7) is 5.98. The number of hydrogen-bond donors (Lipinski definition) is 2. The summed E-state index contributed by atoms with van der Waals surface area (Å²) in [5.41, 5.74) is 6.29. The molecule has 1 unspecified atom stereocenters. The molecular formula is C28H28FN7O. The van der Waals surface area contributed by atoms with E-state index in [2.05, 4.69) is 44.5 Å². The van der Waals surface area contributed by atoms with Crippen LogP contribution in [0.1, 0.15) is 16.7 Å². The van der Waals surface area contributed by atoms with Gasteiger partial charge in [-0.05, 0) is 56.4 Å². The van der Waals surface area contributed by atoms with E-state index in [0.29, 0.717) is 52.7 Å². The number of piperazine rings is 1. The lowest BCUT2D eigenvalue weighted by Crippen LogP contribution is -2.56. The van der Waals surface area contributed by atoms with Crippen LogP contribution in [0.15, 0.2) is 36.4 Å². The van der Waals surface area contributed by atoms with Gasteiger partial charge in [-0.15, -0.1) is 0 Å². The highest BCUT2D eigenvalue weighted by Gasteiger charge is 2.32. The van der Waals surface area contributed by atoms with Crippen molar-refractivity contribution in [2.75, 3.05) is 45.2 Å². The van der Waals surface area contributed by atoms with Crippen molar-refractivity contribution in [3.8, 4) is 34.3 Å². The third-order valence-electron chi connectivity index (χ3n) is 7.28. The van der Waals surface area contributed by atoms with Gasteiger partial charge in [-0.2, -0.15) is 10.4 Å². The molecule has 8 nitrogen and oxygen atoms in total. The molecular weight excluding hydrogens is 469 g/mol. The van der Waals surface area contributed by atoms with Crippen molar-refractivity contribution in [1.29, 1.82) is 5.26 Å². The van der Waals surface area contributed by atoms with E-state index in [0.717, 1.165) is 47.8 Å². The maximum Gasteiger partial charge on any atom is 0.143 e. The SMILES string of the molecule is CNCc1cc(C)c(-c2nc3c(-c4ccc5c(c4)OCC4CN(C)CCN54)n[nH]c3cc2C#N)c(F)c1. The molecule has 0 spiro atoms. The number of halogens is 1. The van der Waals surface area contributed by atoms with Crippen molar-refractivity contribution in [1.82, 2.24) is 25.4 Å². The zero-order chi connectivity index (χ0) is 25.7. The number of anilines is 1. The van der Waals surface area contributed by atoms with E-state index in [9.17, 15) is 5.26 Å². The van der Waals surface area contributed by atoms with Crippen molar-refractivity contribution in [2.24, 2.45) is 0 Å². The summed E-state index contributed by atoms with van der Waals surface area (Å²) < 4.78 is 21.5. The summed E-state index contributed by atoms with van der Waals surface area (Å²) >= 11 is 0. The number of aromatic amines is 1. The molecule has 1 atom stereocenters. The number of likely N-dealkylation sites (N-methyl/N-ethyl adjacent to an activating group) is 1. The van der Waals surface area contributed by atoms with Crippen LogP contribution in [0.4, 0.5) is 10.1 Å². The molecule has 0 saturated carbocycles. The Bertz CT molecular complexity index is 1530. The largest absolute Gasteiger partial charge is 0.489 e. The highest BCUT2D eigenvalue weighted by molar-refractivity contribution is 5.93. The zero-order valence-corrected chi connectivity index (χ0v) is 21.1. The van der Waals surface area contributed by atoms with Crippen LogP contribution >= 0.6 is 0 Å². The number of hydrogen-bond acceptors (Lipinski definition) is 7. The number of ether oxygens (including phenoxy) is 1. The maximum atomic E-state index is 15.3. The van der Waals surface area contributed by atoms with Gasteiger partial charge in [0.05, 0.1) is 28.5 Å². The first-order chi connectivity index (χ1) is 18.0. The number of aromatic nitrogens is 3. The van der Waals surface area contributed by atoms with Gasteiger partial charge in [0.25, 0.3) is 0 Å². The van der Waals surface area contributed by atoms with Crippen LogP contribution in [-0.2, 0) is 6.54 Å². The number of fused-ring (bicyclic) bond motifs is 4. The molecule has 4 heterocycles. The van der Waals surface area contributed by atoms with E-state index >= 15 is 4.39 Å². The summed E-state index contributed by atoms with van der Waals surface area (Å²) in [5.74, 6) is 0.424. The Morgan fingerprint density at radius 2 is 2.08 bits per heavy atom. The molecule has 2 aromatic heterocycles. The van der Waals surface area contributed by atoms with E-state index in [-0.39, 0.29) is 0 Å². The van der Waals surface area contributed by atoms with E-state index in [4.69, 9.17) is 9.72 Å². The molecule has 0 radical (unpaired) electrons. The maximum absolute atomic E-state index is 15.3. The lowest BCUT2D eigenvalue weighted by molar-refractivity contribution is 0.188. The molecule has 0 aliphatic carbocycles. The Morgan fingerprint density at radius 3 is 2.86 bits per heavy atom. The molecule has 9 heteroatoms. The molecule has 2 N–H and O–H groups in total. The Kier molecular flexibility index (Phi) is 5.78. The summed E-state index contributed by atoms with van der Waals surface area (Å²) in [6.07, 6.45) is 0. The Balaban J connectivity index is 1.44. The summed E-state index contributed by atoms with van der Waals surface area (Å²) in [6, 6.07) is 13.7. The normalized spacial score (nSPS) is 17.3. The second kappa shape index (κ2) is 9.14. The zero-order valence-electron chi connectivity index (χ0n) is 21.1. The second-order valence-corrected chi connectivity index (χ2v) is 9.87. The van der Waals surface area contributed by atoms with E-state index in [1.54, 1.807) is 6.07 Å². The average Bonchev–Trinajstić information content (AvgIpc) is 3.30. The summed E-state index contributed by atoms with van der Waals surface area (Å²) in [4.78, 5) is 9.56. The molecule has 2 aliphatic rings. The number of benzene rings is 2. The van der Waals surface area contributed by atoms with Crippen LogP contribution in [0.5, 0.6) is 5.75 Å². The van der Waals surface area contributed by atoms with E-state index in [1.807, 2.05) is 32.2 Å². The van der Waals surface area contributed by atoms with Crippen LogP contribution in [0, 0.1) is 24.1 Å². The fourth-order valence-electron chi connectivity index (χ4n) is 5.52. The van der Waals surface area contributed by atoms with Gasteiger partial charge in [0.15, 0.2) is 0 Å². The lowest BCUT2D eigenvalue weighted by Gasteiger charge is -2.44. The highest BCUT2D eigenvalue weighted by atomic mass is 19.1. The number of pyridine rings is 1. The molecule has 6 rings (SSSR count). The monoisotopic (exact) mass is 497 g/mol. The number of nitrogens with one attached hydrogen (secondary N) is 2. The van der Waals surface area contributed by atoms with Gasteiger partial charge in [0.2, 0.25) is 0 Å². The lowest BCUT2D eigenvalue weighted by atomic mass is 9.97. The predicted octanol–water partition coefficient (Wildman–Crippen LogP) is 3.84. The first-order valence-electron chi connectivity index (χ1n) is 12.4. The van der Waals surface area contributed by atoms with Crippen LogP contribution < -0.4 is 15.0 Å².